The first-order valence-corrected chi connectivity index (χ1v) is 7.71. The van der Waals surface area contributed by atoms with Crippen LogP contribution in [0, 0.1) is 6.92 Å². The van der Waals surface area contributed by atoms with Gasteiger partial charge < -0.3 is 4.74 Å². The van der Waals surface area contributed by atoms with Crippen molar-refractivity contribution in [2.45, 2.75) is 11.8 Å². The normalized spacial score (nSPS) is 11.2. The first-order chi connectivity index (χ1) is 9.42. The van der Waals surface area contributed by atoms with Crippen molar-refractivity contribution in [3.63, 3.8) is 0 Å². The smallest absolute Gasteiger partial charge is 0.261 e. The van der Waals surface area contributed by atoms with Crippen LogP contribution >= 0.6 is 11.6 Å². The molecule has 0 radical (unpaired) electrons. The number of benzene rings is 2. The van der Waals surface area contributed by atoms with Gasteiger partial charge in [0.1, 0.15) is 5.75 Å². The number of sulfonamides is 1. The zero-order valence-corrected chi connectivity index (χ0v) is 12.6. The van der Waals surface area contributed by atoms with Gasteiger partial charge >= 0.3 is 0 Å². The molecule has 4 nitrogen and oxygen atoms in total. The fourth-order valence-electron chi connectivity index (χ4n) is 1.68. The van der Waals surface area contributed by atoms with E-state index >= 15 is 0 Å². The third kappa shape index (κ3) is 3.23. The summed E-state index contributed by atoms with van der Waals surface area (Å²) >= 11 is 5.90. The van der Waals surface area contributed by atoms with E-state index in [1.165, 1.54) is 19.2 Å². The third-order valence-corrected chi connectivity index (χ3v) is 4.56. The summed E-state index contributed by atoms with van der Waals surface area (Å²) in [6.45, 7) is 1.76. The molecular formula is C14H14ClNO3S. The van der Waals surface area contributed by atoms with E-state index in [-0.39, 0.29) is 4.90 Å². The number of hydrogen-bond acceptors (Lipinski definition) is 3. The Hall–Kier alpha value is -1.72. The summed E-state index contributed by atoms with van der Waals surface area (Å²) in [5, 5.41) is 0.533. The lowest BCUT2D eigenvalue weighted by atomic mass is 10.2. The molecular weight excluding hydrogens is 298 g/mol. The van der Waals surface area contributed by atoms with Crippen molar-refractivity contribution in [3.8, 4) is 5.75 Å². The van der Waals surface area contributed by atoms with Crippen molar-refractivity contribution < 1.29 is 13.2 Å². The number of aryl methyl sites for hydroxylation is 1. The highest BCUT2D eigenvalue weighted by Crippen LogP contribution is 2.23. The Morgan fingerprint density at radius 3 is 2.55 bits per heavy atom. The molecule has 0 fully saturated rings. The fraction of sp³-hybridized carbons (Fsp3) is 0.143. The zero-order chi connectivity index (χ0) is 14.8. The average Bonchev–Trinajstić information content (AvgIpc) is 2.41. The van der Waals surface area contributed by atoms with Crippen molar-refractivity contribution in [1.82, 2.24) is 0 Å². The van der Waals surface area contributed by atoms with Crippen LogP contribution in [0.4, 0.5) is 5.69 Å². The Bertz CT molecular complexity index is 729. The molecule has 0 saturated carbocycles. The molecule has 0 amide bonds. The van der Waals surface area contributed by atoms with E-state index in [2.05, 4.69) is 4.72 Å². The minimum Gasteiger partial charge on any atom is -0.497 e. The van der Waals surface area contributed by atoms with Gasteiger partial charge in [0.25, 0.3) is 10.0 Å². The van der Waals surface area contributed by atoms with Crippen molar-refractivity contribution in [2.75, 3.05) is 11.8 Å². The molecule has 0 atom stereocenters. The highest BCUT2D eigenvalue weighted by molar-refractivity contribution is 7.92. The Morgan fingerprint density at radius 1 is 1.15 bits per heavy atom. The molecule has 2 aromatic rings. The Kier molecular flexibility index (Phi) is 4.20. The van der Waals surface area contributed by atoms with Crippen molar-refractivity contribution in [2.24, 2.45) is 0 Å². The van der Waals surface area contributed by atoms with E-state index in [0.717, 1.165) is 0 Å². The summed E-state index contributed by atoms with van der Waals surface area (Å²) in [6, 6.07) is 11.3. The molecule has 0 unspecified atom stereocenters. The zero-order valence-electron chi connectivity index (χ0n) is 11.1. The van der Waals surface area contributed by atoms with Crippen molar-refractivity contribution in [1.29, 1.82) is 0 Å². The van der Waals surface area contributed by atoms with Gasteiger partial charge in [0.15, 0.2) is 0 Å². The maximum Gasteiger partial charge on any atom is 0.261 e. The number of rotatable bonds is 4. The van der Waals surface area contributed by atoms with Gasteiger partial charge in [0.2, 0.25) is 0 Å². The topological polar surface area (TPSA) is 55.4 Å². The molecule has 0 saturated heterocycles. The number of ether oxygens (including phenoxy) is 1. The monoisotopic (exact) mass is 311 g/mol. The van der Waals surface area contributed by atoms with Gasteiger partial charge in [-0.2, -0.15) is 0 Å². The van der Waals surface area contributed by atoms with Crippen LogP contribution < -0.4 is 9.46 Å². The lowest BCUT2D eigenvalue weighted by Crippen LogP contribution is -2.13. The standard InChI is InChI=1S/C14H14ClNO3S/c1-10-8-13(6-7-14(10)15)20(17,18)16-11-4-3-5-12(9-11)19-2/h3-9,16H,1-2H3. The van der Waals surface area contributed by atoms with E-state index in [1.807, 2.05) is 0 Å². The lowest BCUT2D eigenvalue weighted by Gasteiger charge is -2.10. The Balaban J connectivity index is 2.32. The number of halogens is 1. The van der Waals surface area contributed by atoms with Crippen molar-refractivity contribution in [3.05, 3.63) is 53.1 Å². The maximum atomic E-state index is 12.3. The van der Waals surface area contributed by atoms with Crippen LogP contribution in [0.15, 0.2) is 47.4 Å². The number of methoxy groups -OCH3 is 1. The van der Waals surface area contributed by atoms with Crippen LogP contribution in [0.2, 0.25) is 5.02 Å². The van der Waals surface area contributed by atoms with Gasteiger partial charge in [-0.1, -0.05) is 17.7 Å². The largest absolute Gasteiger partial charge is 0.497 e. The third-order valence-electron chi connectivity index (χ3n) is 2.76. The van der Waals surface area contributed by atoms with E-state index in [9.17, 15) is 8.42 Å². The highest BCUT2D eigenvalue weighted by Gasteiger charge is 2.15. The number of nitrogens with one attached hydrogen (secondary N) is 1. The Morgan fingerprint density at radius 2 is 1.90 bits per heavy atom. The molecule has 6 heteroatoms. The van der Waals surface area contributed by atoms with Crippen LogP contribution in [0.5, 0.6) is 5.75 Å². The SMILES string of the molecule is COc1cccc(NS(=O)(=O)c2ccc(Cl)c(C)c2)c1. The molecule has 0 aliphatic rings. The second-order valence-corrected chi connectivity index (χ2v) is 6.34. The molecule has 2 rings (SSSR count). The number of anilines is 1. The van der Waals surface area contributed by atoms with E-state index in [4.69, 9.17) is 16.3 Å². The fourth-order valence-corrected chi connectivity index (χ4v) is 2.94. The lowest BCUT2D eigenvalue weighted by molar-refractivity contribution is 0.415. The van der Waals surface area contributed by atoms with E-state index < -0.39 is 10.0 Å². The van der Waals surface area contributed by atoms with Crippen LogP contribution in [-0.2, 0) is 10.0 Å². The van der Waals surface area contributed by atoms with Crippen LogP contribution in [0.3, 0.4) is 0 Å². The highest BCUT2D eigenvalue weighted by atomic mass is 35.5. The summed E-state index contributed by atoms with van der Waals surface area (Å²) in [6.07, 6.45) is 0. The molecule has 2 aromatic carbocycles. The Labute approximate surface area is 123 Å². The molecule has 0 aliphatic carbocycles. The van der Waals surface area contributed by atoms with Gasteiger partial charge in [-0.25, -0.2) is 8.42 Å². The molecule has 0 aliphatic heterocycles. The van der Waals surface area contributed by atoms with Crippen LogP contribution in [-0.4, -0.2) is 15.5 Å². The summed E-state index contributed by atoms with van der Waals surface area (Å²) < 4.78 is 32.1. The quantitative estimate of drug-likeness (QED) is 0.940. The van der Waals surface area contributed by atoms with Gasteiger partial charge in [-0.15, -0.1) is 0 Å². The summed E-state index contributed by atoms with van der Waals surface area (Å²) in [7, 11) is -2.12. The van der Waals surface area contributed by atoms with Gasteiger partial charge in [0.05, 0.1) is 17.7 Å². The second-order valence-electron chi connectivity index (χ2n) is 4.25. The van der Waals surface area contributed by atoms with Crippen molar-refractivity contribution >= 4 is 27.3 Å². The number of hydrogen-bond donors (Lipinski definition) is 1. The predicted octanol–water partition coefficient (Wildman–Crippen LogP) is 3.46. The molecule has 0 spiro atoms. The van der Waals surface area contributed by atoms with Crippen LogP contribution in [0.1, 0.15) is 5.56 Å². The maximum absolute atomic E-state index is 12.3. The molecule has 20 heavy (non-hydrogen) atoms. The van der Waals surface area contributed by atoms with E-state index in [1.54, 1.807) is 37.3 Å². The molecule has 0 heterocycles. The van der Waals surface area contributed by atoms with E-state index in [0.29, 0.717) is 22.0 Å². The van der Waals surface area contributed by atoms with Gasteiger partial charge in [-0.3, -0.25) is 4.72 Å². The molecule has 0 aromatic heterocycles. The predicted molar refractivity (Wildman–Crippen MR) is 80.0 cm³/mol. The van der Waals surface area contributed by atoms with Gasteiger partial charge in [0, 0.05) is 11.1 Å². The summed E-state index contributed by atoms with van der Waals surface area (Å²) in [5.74, 6) is 0.581. The first-order valence-electron chi connectivity index (χ1n) is 5.85. The first kappa shape index (κ1) is 14.7. The molecule has 106 valence electrons. The molecule has 1 N–H and O–H groups in total. The summed E-state index contributed by atoms with van der Waals surface area (Å²) in [5.41, 5.74) is 1.15. The second kappa shape index (κ2) is 5.73. The average molecular weight is 312 g/mol. The minimum absolute atomic E-state index is 0.169. The van der Waals surface area contributed by atoms with Crippen LogP contribution in [0.25, 0.3) is 0 Å². The molecule has 0 bridgehead atoms. The summed E-state index contributed by atoms with van der Waals surface area (Å²) in [4.78, 5) is 0.169. The minimum atomic E-state index is -3.64. The van der Waals surface area contributed by atoms with Gasteiger partial charge in [-0.05, 0) is 42.8 Å².